The summed E-state index contributed by atoms with van der Waals surface area (Å²) in [7, 11) is 0. The van der Waals surface area contributed by atoms with Crippen LogP contribution >= 0.6 is 0 Å². The average molecular weight is 265 g/mol. The molecule has 108 valence electrons. The Kier molecular flexibility index (Phi) is 6.47. The van der Waals surface area contributed by atoms with Crippen molar-refractivity contribution in [1.29, 1.82) is 0 Å². The van der Waals surface area contributed by atoms with Crippen molar-refractivity contribution in [2.24, 2.45) is 5.92 Å². The van der Waals surface area contributed by atoms with E-state index < -0.39 is 12.1 Å². The van der Waals surface area contributed by atoms with E-state index in [-0.39, 0.29) is 0 Å². The van der Waals surface area contributed by atoms with Gasteiger partial charge in [0.2, 0.25) is 0 Å². The molecular formula is C14H26F3N. The molecule has 4 heteroatoms. The van der Waals surface area contributed by atoms with Crippen LogP contribution < -0.4 is 5.32 Å². The molecule has 0 heterocycles. The number of halogens is 3. The molecule has 1 fully saturated rings. The Balaban J connectivity index is 2.33. The molecular weight excluding hydrogens is 239 g/mol. The molecule has 0 spiro atoms. The quantitative estimate of drug-likeness (QED) is 0.736. The summed E-state index contributed by atoms with van der Waals surface area (Å²) in [5.74, 6) is -1.06. The molecule has 0 saturated heterocycles. The third-order valence-electron chi connectivity index (χ3n) is 3.94. The van der Waals surface area contributed by atoms with Gasteiger partial charge in [0.15, 0.2) is 0 Å². The Hall–Kier alpha value is -0.250. The van der Waals surface area contributed by atoms with E-state index in [9.17, 15) is 13.2 Å². The molecule has 0 amide bonds. The van der Waals surface area contributed by atoms with Gasteiger partial charge in [0.05, 0.1) is 5.92 Å². The van der Waals surface area contributed by atoms with Gasteiger partial charge in [-0.1, -0.05) is 26.7 Å². The van der Waals surface area contributed by atoms with Gasteiger partial charge in [-0.2, -0.15) is 13.2 Å². The molecule has 1 N–H and O–H groups in total. The lowest BCUT2D eigenvalue weighted by molar-refractivity contribution is -0.182. The SMILES string of the molecule is CCCC(CCC)NC1CCC(C(F)(F)F)CC1. The fourth-order valence-electron chi connectivity index (χ4n) is 2.93. The van der Waals surface area contributed by atoms with E-state index in [0.29, 0.717) is 37.8 Å². The first-order valence-electron chi connectivity index (χ1n) is 7.30. The lowest BCUT2D eigenvalue weighted by Crippen LogP contribution is -2.42. The van der Waals surface area contributed by atoms with Gasteiger partial charge in [0.1, 0.15) is 0 Å². The Bertz CT molecular complexity index is 214. The van der Waals surface area contributed by atoms with E-state index in [0.717, 1.165) is 25.7 Å². The predicted molar refractivity (Wildman–Crippen MR) is 68.5 cm³/mol. The fourth-order valence-corrected chi connectivity index (χ4v) is 2.93. The monoisotopic (exact) mass is 265 g/mol. The van der Waals surface area contributed by atoms with Crippen LogP contribution in [-0.2, 0) is 0 Å². The number of nitrogens with one attached hydrogen (secondary N) is 1. The minimum Gasteiger partial charge on any atom is -0.311 e. The highest BCUT2D eigenvalue weighted by Crippen LogP contribution is 2.37. The molecule has 1 aliphatic rings. The maximum atomic E-state index is 12.6. The van der Waals surface area contributed by atoms with Gasteiger partial charge in [-0.25, -0.2) is 0 Å². The lowest BCUT2D eigenvalue weighted by Gasteiger charge is -2.33. The number of rotatable bonds is 6. The van der Waals surface area contributed by atoms with Gasteiger partial charge < -0.3 is 5.32 Å². The zero-order valence-electron chi connectivity index (χ0n) is 11.5. The molecule has 0 aromatic rings. The van der Waals surface area contributed by atoms with E-state index in [2.05, 4.69) is 19.2 Å². The van der Waals surface area contributed by atoms with Crippen molar-refractivity contribution >= 4 is 0 Å². The van der Waals surface area contributed by atoms with Crippen molar-refractivity contribution in [3.05, 3.63) is 0 Å². The second-order valence-electron chi connectivity index (χ2n) is 5.53. The zero-order valence-corrected chi connectivity index (χ0v) is 11.5. The zero-order chi connectivity index (χ0) is 13.6. The molecule has 1 aliphatic carbocycles. The minimum atomic E-state index is -3.99. The van der Waals surface area contributed by atoms with Crippen LogP contribution in [-0.4, -0.2) is 18.3 Å². The second-order valence-corrected chi connectivity index (χ2v) is 5.53. The van der Waals surface area contributed by atoms with Crippen LogP contribution in [0.4, 0.5) is 13.2 Å². The minimum absolute atomic E-state index is 0.298. The van der Waals surface area contributed by atoms with Crippen LogP contribution in [0.1, 0.15) is 65.2 Å². The van der Waals surface area contributed by atoms with Gasteiger partial charge in [-0.15, -0.1) is 0 Å². The Labute approximate surface area is 109 Å². The van der Waals surface area contributed by atoms with Crippen molar-refractivity contribution in [3.8, 4) is 0 Å². The van der Waals surface area contributed by atoms with Gasteiger partial charge in [0, 0.05) is 12.1 Å². The average Bonchev–Trinajstić information content (AvgIpc) is 2.29. The van der Waals surface area contributed by atoms with Crippen LogP contribution in [0.5, 0.6) is 0 Å². The summed E-state index contributed by atoms with van der Waals surface area (Å²) < 4.78 is 37.7. The Morgan fingerprint density at radius 2 is 1.50 bits per heavy atom. The van der Waals surface area contributed by atoms with Crippen LogP contribution in [0.15, 0.2) is 0 Å². The van der Waals surface area contributed by atoms with Crippen molar-refractivity contribution in [3.63, 3.8) is 0 Å². The molecule has 1 nitrogen and oxygen atoms in total. The molecule has 0 atom stereocenters. The number of hydrogen-bond donors (Lipinski definition) is 1. The fraction of sp³-hybridized carbons (Fsp3) is 1.00. The van der Waals surface area contributed by atoms with Crippen LogP contribution in [0.2, 0.25) is 0 Å². The van der Waals surface area contributed by atoms with Crippen molar-refractivity contribution in [2.75, 3.05) is 0 Å². The highest BCUT2D eigenvalue weighted by Gasteiger charge is 2.41. The van der Waals surface area contributed by atoms with E-state index >= 15 is 0 Å². The topological polar surface area (TPSA) is 12.0 Å². The largest absolute Gasteiger partial charge is 0.391 e. The standard InChI is InChI=1S/C14H26F3N/c1-3-5-12(6-4-2)18-13-9-7-11(8-10-13)14(15,16)17/h11-13,18H,3-10H2,1-2H3. The summed E-state index contributed by atoms with van der Waals surface area (Å²) in [6.07, 6.45) is 2.49. The van der Waals surface area contributed by atoms with E-state index in [1.807, 2.05) is 0 Å². The molecule has 0 aliphatic heterocycles. The summed E-state index contributed by atoms with van der Waals surface area (Å²) in [5.41, 5.74) is 0. The first-order chi connectivity index (χ1) is 8.47. The van der Waals surface area contributed by atoms with Crippen molar-refractivity contribution < 1.29 is 13.2 Å². The molecule has 0 aromatic carbocycles. The van der Waals surface area contributed by atoms with Gasteiger partial charge >= 0.3 is 6.18 Å². The molecule has 1 rings (SSSR count). The maximum absolute atomic E-state index is 12.6. The summed E-state index contributed by atoms with van der Waals surface area (Å²) in [6, 6.07) is 0.791. The molecule has 0 aromatic heterocycles. The van der Waals surface area contributed by atoms with Gasteiger partial charge in [0.25, 0.3) is 0 Å². The summed E-state index contributed by atoms with van der Waals surface area (Å²) in [4.78, 5) is 0. The normalized spacial score (nSPS) is 25.7. The third kappa shape index (κ3) is 5.17. The molecule has 0 bridgehead atoms. The number of hydrogen-bond acceptors (Lipinski definition) is 1. The van der Waals surface area contributed by atoms with E-state index in [1.165, 1.54) is 0 Å². The first-order valence-corrected chi connectivity index (χ1v) is 7.30. The van der Waals surface area contributed by atoms with Gasteiger partial charge in [-0.3, -0.25) is 0 Å². The highest BCUT2D eigenvalue weighted by molar-refractivity contribution is 4.83. The van der Waals surface area contributed by atoms with Crippen molar-refractivity contribution in [2.45, 2.75) is 83.5 Å². The summed E-state index contributed by atoms with van der Waals surface area (Å²) in [6.45, 7) is 4.32. The Morgan fingerprint density at radius 1 is 1.00 bits per heavy atom. The third-order valence-corrected chi connectivity index (χ3v) is 3.94. The van der Waals surface area contributed by atoms with Crippen molar-refractivity contribution in [1.82, 2.24) is 5.32 Å². The highest BCUT2D eigenvalue weighted by atomic mass is 19.4. The molecule has 18 heavy (non-hydrogen) atoms. The second kappa shape index (κ2) is 7.37. The van der Waals surface area contributed by atoms with E-state index in [4.69, 9.17) is 0 Å². The summed E-state index contributed by atoms with van der Waals surface area (Å²) in [5, 5.41) is 3.56. The first kappa shape index (κ1) is 15.8. The number of alkyl halides is 3. The van der Waals surface area contributed by atoms with Crippen LogP contribution in [0, 0.1) is 5.92 Å². The predicted octanol–water partition coefficient (Wildman–Crippen LogP) is 4.67. The maximum Gasteiger partial charge on any atom is 0.391 e. The molecule has 0 radical (unpaired) electrons. The Morgan fingerprint density at radius 3 is 1.89 bits per heavy atom. The lowest BCUT2D eigenvalue weighted by atomic mass is 9.85. The van der Waals surface area contributed by atoms with Gasteiger partial charge in [-0.05, 0) is 38.5 Å². The van der Waals surface area contributed by atoms with Crippen LogP contribution in [0.3, 0.4) is 0 Å². The smallest absolute Gasteiger partial charge is 0.311 e. The van der Waals surface area contributed by atoms with E-state index in [1.54, 1.807) is 0 Å². The van der Waals surface area contributed by atoms with Crippen LogP contribution in [0.25, 0.3) is 0 Å². The summed E-state index contributed by atoms with van der Waals surface area (Å²) >= 11 is 0. The molecule has 0 unspecified atom stereocenters. The molecule has 1 saturated carbocycles.